The van der Waals surface area contributed by atoms with Crippen LogP contribution in [-0.4, -0.2) is 36.4 Å². The predicted octanol–water partition coefficient (Wildman–Crippen LogP) is 3.35. The van der Waals surface area contributed by atoms with Crippen molar-refractivity contribution in [3.05, 3.63) is 59.7 Å². The number of carbonyl (C=O) groups is 2. The molecule has 6 nitrogen and oxygen atoms in total. The quantitative estimate of drug-likeness (QED) is 0.872. The Morgan fingerprint density at radius 3 is 2.68 bits per heavy atom. The van der Waals surface area contributed by atoms with Crippen molar-refractivity contribution >= 4 is 17.7 Å². The Bertz CT molecular complexity index is 775. The molecule has 1 N–H and O–H groups in total. The van der Waals surface area contributed by atoms with Gasteiger partial charge in [-0.25, -0.2) is 9.59 Å². The number of carboxylic acid groups (broad SMARTS) is 1. The number of carboxylic acids is 1. The van der Waals surface area contributed by atoms with E-state index in [0.717, 1.165) is 5.69 Å². The Morgan fingerprint density at radius 1 is 1.24 bits per heavy atom. The molecule has 0 radical (unpaired) electrons. The van der Waals surface area contributed by atoms with Crippen LogP contribution in [0.25, 0.3) is 0 Å². The molecule has 2 aromatic rings. The Hall–Kier alpha value is -3.02. The third-order valence-electron chi connectivity index (χ3n) is 4.08. The molecular weight excluding hydrogens is 322 g/mol. The largest absolute Gasteiger partial charge is 0.489 e. The van der Waals surface area contributed by atoms with Crippen molar-refractivity contribution in [2.24, 2.45) is 0 Å². The van der Waals surface area contributed by atoms with Crippen LogP contribution < -0.4 is 9.64 Å². The second-order valence-corrected chi connectivity index (χ2v) is 5.70. The van der Waals surface area contributed by atoms with Gasteiger partial charge in [0.1, 0.15) is 12.4 Å². The van der Waals surface area contributed by atoms with E-state index in [1.54, 1.807) is 23.1 Å². The molecule has 25 heavy (non-hydrogen) atoms. The molecule has 1 aliphatic rings. The van der Waals surface area contributed by atoms with Crippen LogP contribution in [0.15, 0.2) is 48.5 Å². The fourth-order valence-corrected chi connectivity index (χ4v) is 2.88. The average Bonchev–Trinajstić information content (AvgIpc) is 3.01. The summed E-state index contributed by atoms with van der Waals surface area (Å²) in [6.07, 6.45) is -0.279. The van der Waals surface area contributed by atoms with E-state index in [-0.39, 0.29) is 12.2 Å². The van der Waals surface area contributed by atoms with Crippen molar-refractivity contribution in [3.63, 3.8) is 0 Å². The average molecular weight is 341 g/mol. The Morgan fingerprint density at radius 2 is 2.00 bits per heavy atom. The van der Waals surface area contributed by atoms with E-state index >= 15 is 0 Å². The summed E-state index contributed by atoms with van der Waals surface area (Å²) in [6, 6.07) is 14.2. The molecule has 0 spiro atoms. The van der Waals surface area contributed by atoms with Gasteiger partial charge >= 0.3 is 12.1 Å². The van der Waals surface area contributed by atoms with E-state index < -0.39 is 18.2 Å². The highest BCUT2D eigenvalue weighted by molar-refractivity contribution is 5.90. The van der Waals surface area contributed by atoms with Crippen LogP contribution in [0.2, 0.25) is 0 Å². The lowest BCUT2D eigenvalue weighted by Crippen LogP contribution is -2.26. The maximum Gasteiger partial charge on any atom is 0.414 e. The van der Waals surface area contributed by atoms with E-state index in [0.29, 0.717) is 24.3 Å². The summed E-state index contributed by atoms with van der Waals surface area (Å²) in [5.41, 5.74) is 1.64. The van der Waals surface area contributed by atoms with Crippen molar-refractivity contribution in [2.75, 3.05) is 18.1 Å². The van der Waals surface area contributed by atoms with Gasteiger partial charge < -0.3 is 14.6 Å². The number of benzene rings is 2. The Labute approximate surface area is 145 Å². The molecule has 1 saturated heterocycles. The molecule has 2 aromatic carbocycles. The third-order valence-corrected chi connectivity index (χ3v) is 4.08. The second-order valence-electron chi connectivity index (χ2n) is 5.70. The zero-order valence-corrected chi connectivity index (χ0v) is 13.8. The molecule has 1 amide bonds. The monoisotopic (exact) mass is 341 g/mol. The number of para-hydroxylation sites is 1. The van der Waals surface area contributed by atoms with Crippen LogP contribution in [0.4, 0.5) is 10.5 Å². The zero-order valence-electron chi connectivity index (χ0n) is 13.8. The number of anilines is 1. The second kappa shape index (κ2) is 7.25. The summed E-state index contributed by atoms with van der Waals surface area (Å²) in [7, 11) is 0. The molecule has 1 heterocycles. The number of nitrogens with zero attached hydrogens (tertiary/aromatic N) is 1. The van der Waals surface area contributed by atoms with Crippen LogP contribution in [-0.2, 0) is 11.2 Å². The minimum absolute atomic E-state index is 0.172. The number of carbonyl (C=O) groups excluding carboxylic acids is 1. The number of hydrogen-bond donors (Lipinski definition) is 1. The number of ether oxygens (including phenoxy) is 2. The van der Waals surface area contributed by atoms with Gasteiger partial charge in [0.2, 0.25) is 0 Å². The highest BCUT2D eigenvalue weighted by Gasteiger charge is 2.32. The van der Waals surface area contributed by atoms with Gasteiger partial charge in [-0.1, -0.05) is 31.2 Å². The molecule has 0 saturated carbocycles. The molecule has 3 rings (SSSR count). The fraction of sp³-hybridized carbons (Fsp3) is 0.263. The maximum absolute atomic E-state index is 12.0. The lowest BCUT2D eigenvalue weighted by atomic mass is 10.0. The minimum Gasteiger partial charge on any atom is -0.489 e. The number of aromatic carboxylic acids is 1. The van der Waals surface area contributed by atoms with Crippen molar-refractivity contribution in [3.8, 4) is 5.75 Å². The summed E-state index contributed by atoms with van der Waals surface area (Å²) in [5, 5.41) is 9.26. The summed E-state index contributed by atoms with van der Waals surface area (Å²) in [5.74, 6) is -0.471. The van der Waals surface area contributed by atoms with Crippen molar-refractivity contribution in [1.82, 2.24) is 0 Å². The molecule has 1 unspecified atom stereocenters. The number of amides is 1. The fourth-order valence-electron chi connectivity index (χ4n) is 2.88. The van der Waals surface area contributed by atoms with Crippen LogP contribution >= 0.6 is 0 Å². The van der Waals surface area contributed by atoms with Crippen molar-refractivity contribution < 1.29 is 24.2 Å². The van der Waals surface area contributed by atoms with Gasteiger partial charge in [0, 0.05) is 11.3 Å². The van der Waals surface area contributed by atoms with Crippen molar-refractivity contribution in [1.29, 1.82) is 0 Å². The zero-order chi connectivity index (χ0) is 17.8. The van der Waals surface area contributed by atoms with Gasteiger partial charge in [-0.05, 0) is 30.7 Å². The normalized spacial score (nSPS) is 16.6. The third kappa shape index (κ3) is 3.57. The summed E-state index contributed by atoms with van der Waals surface area (Å²) >= 11 is 0. The summed E-state index contributed by atoms with van der Waals surface area (Å²) < 4.78 is 11.1. The van der Waals surface area contributed by atoms with Gasteiger partial charge in [0.05, 0.1) is 12.1 Å². The molecule has 0 bridgehead atoms. The number of rotatable bonds is 6. The van der Waals surface area contributed by atoms with Gasteiger partial charge in [-0.3, -0.25) is 4.90 Å². The SMILES string of the molecule is CCc1c(OCC2CN(c3ccccc3)C(=O)O2)cccc1C(=O)O. The summed E-state index contributed by atoms with van der Waals surface area (Å²) in [6.45, 7) is 2.44. The molecule has 1 fully saturated rings. The van der Waals surface area contributed by atoms with Gasteiger partial charge in [-0.15, -0.1) is 0 Å². The lowest BCUT2D eigenvalue weighted by Gasteiger charge is -2.15. The maximum atomic E-state index is 12.0. The highest BCUT2D eigenvalue weighted by atomic mass is 16.6. The van der Waals surface area contributed by atoms with E-state index in [9.17, 15) is 14.7 Å². The topological polar surface area (TPSA) is 76.1 Å². The summed E-state index contributed by atoms with van der Waals surface area (Å²) in [4.78, 5) is 24.9. The van der Waals surface area contributed by atoms with Gasteiger partial charge in [0.15, 0.2) is 6.10 Å². The lowest BCUT2D eigenvalue weighted by molar-refractivity contribution is 0.0695. The predicted molar refractivity (Wildman–Crippen MR) is 92.3 cm³/mol. The van der Waals surface area contributed by atoms with E-state index in [1.165, 1.54) is 0 Å². The van der Waals surface area contributed by atoms with Gasteiger partial charge in [-0.2, -0.15) is 0 Å². The smallest absolute Gasteiger partial charge is 0.414 e. The first-order valence-electron chi connectivity index (χ1n) is 8.11. The van der Waals surface area contributed by atoms with E-state index in [1.807, 2.05) is 37.3 Å². The van der Waals surface area contributed by atoms with Gasteiger partial charge in [0.25, 0.3) is 0 Å². The first-order chi connectivity index (χ1) is 12.1. The first-order valence-corrected chi connectivity index (χ1v) is 8.11. The highest BCUT2D eigenvalue weighted by Crippen LogP contribution is 2.25. The number of cyclic esters (lactones) is 1. The van der Waals surface area contributed by atoms with Crippen LogP contribution in [0, 0.1) is 0 Å². The van der Waals surface area contributed by atoms with Crippen LogP contribution in [0.3, 0.4) is 0 Å². The van der Waals surface area contributed by atoms with Crippen LogP contribution in [0.5, 0.6) is 5.75 Å². The Balaban J connectivity index is 1.68. The molecule has 1 aliphatic heterocycles. The minimum atomic E-state index is -0.982. The Kier molecular flexibility index (Phi) is 4.88. The van der Waals surface area contributed by atoms with E-state index in [2.05, 4.69) is 0 Å². The number of hydrogen-bond acceptors (Lipinski definition) is 4. The molecule has 6 heteroatoms. The van der Waals surface area contributed by atoms with Crippen molar-refractivity contribution in [2.45, 2.75) is 19.4 Å². The standard InChI is InChI=1S/C19H19NO5/c1-2-15-16(18(21)22)9-6-10-17(15)24-12-14-11-20(19(23)25-14)13-7-4-3-5-8-13/h3-10,14H,2,11-12H2,1H3,(H,21,22). The molecule has 130 valence electrons. The molecule has 1 atom stereocenters. The molecular formula is C19H19NO5. The first kappa shape index (κ1) is 16.8. The molecule has 0 aliphatic carbocycles. The van der Waals surface area contributed by atoms with Crippen LogP contribution in [0.1, 0.15) is 22.8 Å². The molecule has 0 aromatic heterocycles. The van der Waals surface area contributed by atoms with E-state index in [4.69, 9.17) is 9.47 Å².